The van der Waals surface area contributed by atoms with E-state index in [0.29, 0.717) is 31.2 Å². The van der Waals surface area contributed by atoms with Crippen molar-refractivity contribution in [3.8, 4) is 0 Å². The normalized spacial score (nSPS) is 23.7. The van der Waals surface area contributed by atoms with Gasteiger partial charge in [-0.1, -0.05) is 35.9 Å². The number of ether oxygens (including phenoxy) is 1. The molecule has 2 saturated heterocycles. The molecule has 2 aromatic rings. The fraction of sp³-hybridized carbons (Fsp3) is 0.409. The largest absolute Gasteiger partial charge is 0.381 e. The van der Waals surface area contributed by atoms with Gasteiger partial charge in [0.25, 0.3) is 0 Å². The highest BCUT2D eigenvalue weighted by molar-refractivity contribution is 6.30. The summed E-state index contributed by atoms with van der Waals surface area (Å²) in [6, 6.07) is 14.0. The molecule has 29 heavy (non-hydrogen) atoms. The van der Waals surface area contributed by atoms with E-state index in [9.17, 15) is 9.18 Å². The van der Waals surface area contributed by atoms with Crippen LogP contribution in [-0.4, -0.2) is 31.7 Å². The molecule has 1 amide bonds. The minimum absolute atomic E-state index is 0.0182. The molecular weight excluding hydrogens is 393 g/mol. The number of hydrazine groups is 1. The molecule has 0 bridgehead atoms. The topological polar surface area (TPSA) is 62.4 Å². The van der Waals surface area contributed by atoms with Gasteiger partial charge < -0.3 is 10.1 Å². The highest BCUT2D eigenvalue weighted by Gasteiger charge is 2.37. The summed E-state index contributed by atoms with van der Waals surface area (Å²) < 4.78 is 19.3. The lowest BCUT2D eigenvalue weighted by Crippen LogP contribution is -2.49. The lowest BCUT2D eigenvalue weighted by Gasteiger charge is -2.38. The molecule has 3 N–H and O–H groups in total. The average Bonchev–Trinajstić information content (AvgIpc) is 3.23. The maximum absolute atomic E-state index is 13.8. The molecule has 4 rings (SSSR count). The molecule has 0 aliphatic carbocycles. The molecule has 2 fully saturated rings. The first kappa shape index (κ1) is 20.3. The summed E-state index contributed by atoms with van der Waals surface area (Å²) in [6.45, 7) is 1.66. The van der Waals surface area contributed by atoms with Crippen molar-refractivity contribution in [1.82, 2.24) is 16.2 Å². The van der Waals surface area contributed by atoms with Gasteiger partial charge in [-0.3, -0.25) is 4.79 Å². The van der Waals surface area contributed by atoms with E-state index in [1.165, 1.54) is 6.07 Å². The Balaban J connectivity index is 1.41. The molecule has 2 heterocycles. The van der Waals surface area contributed by atoms with Crippen molar-refractivity contribution in [2.45, 2.75) is 36.8 Å². The van der Waals surface area contributed by atoms with Crippen LogP contribution in [0.4, 0.5) is 4.39 Å². The summed E-state index contributed by atoms with van der Waals surface area (Å²) in [4.78, 5) is 12.8. The first-order valence-corrected chi connectivity index (χ1v) is 10.3. The first-order valence-electron chi connectivity index (χ1n) is 9.94. The van der Waals surface area contributed by atoms with Gasteiger partial charge in [-0.2, -0.15) is 0 Å². The standard InChI is InChI=1S/C22H25ClFN3O2/c23-17-5-1-3-15(11-17)19-13-20(27-26-19)21(28)25-14-22(7-9-29-10-8-22)16-4-2-6-18(24)12-16/h1-6,11-12,19-20,26-27H,7-10,13-14H2,(H,25,28). The lowest BCUT2D eigenvalue weighted by atomic mass is 9.74. The smallest absolute Gasteiger partial charge is 0.238 e. The average molecular weight is 418 g/mol. The van der Waals surface area contributed by atoms with E-state index in [4.69, 9.17) is 16.3 Å². The number of benzene rings is 2. The SMILES string of the molecule is O=C(NCC1(c2cccc(F)c2)CCOCC1)C1CC(c2cccc(Cl)c2)NN1. The van der Waals surface area contributed by atoms with Crippen molar-refractivity contribution in [2.24, 2.45) is 0 Å². The monoisotopic (exact) mass is 417 g/mol. The summed E-state index contributed by atoms with van der Waals surface area (Å²) in [5.74, 6) is -0.324. The van der Waals surface area contributed by atoms with Crippen LogP contribution in [0.2, 0.25) is 5.02 Å². The van der Waals surface area contributed by atoms with Gasteiger partial charge in [0.15, 0.2) is 0 Å². The first-order chi connectivity index (χ1) is 14.1. The fourth-order valence-corrected chi connectivity index (χ4v) is 4.40. The Morgan fingerprint density at radius 2 is 1.97 bits per heavy atom. The number of halogens is 2. The number of nitrogens with one attached hydrogen (secondary N) is 3. The molecule has 0 spiro atoms. The summed E-state index contributed by atoms with van der Waals surface area (Å²) in [7, 11) is 0. The van der Waals surface area contributed by atoms with Crippen LogP contribution in [0.25, 0.3) is 0 Å². The van der Waals surface area contributed by atoms with Crippen molar-refractivity contribution in [2.75, 3.05) is 19.8 Å². The molecule has 5 nitrogen and oxygen atoms in total. The van der Waals surface area contributed by atoms with Crippen LogP contribution >= 0.6 is 11.6 Å². The molecule has 2 aliphatic rings. The Morgan fingerprint density at radius 3 is 2.72 bits per heavy atom. The van der Waals surface area contributed by atoms with Crippen LogP contribution in [0, 0.1) is 5.82 Å². The fourth-order valence-electron chi connectivity index (χ4n) is 4.20. The zero-order chi connectivity index (χ0) is 20.3. The molecular formula is C22H25ClFN3O2. The molecule has 2 aromatic carbocycles. The van der Waals surface area contributed by atoms with Gasteiger partial charge in [-0.05, 0) is 54.7 Å². The van der Waals surface area contributed by atoms with Gasteiger partial charge in [0, 0.05) is 36.2 Å². The quantitative estimate of drug-likeness (QED) is 0.698. The van der Waals surface area contributed by atoms with E-state index in [2.05, 4.69) is 16.2 Å². The number of carbonyl (C=O) groups excluding carboxylic acids is 1. The zero-order valence-electron chi connectivity index (χ0n) is 16.1. The minimum atomic E-state index is -0.344. The number of rotatable bonds is 5. The van der Waals surface area contributed by atoms with Crippen LogP contribution in [0.5, 0.6) is 0 Å². The van der Waals surface area contributed by atoms with E-state index >= 15 is 0 Å². The van der Waals surface area contributed by atoms with E-state index in [1.807, 2.05) is 30.3 Å². The lowest BCUT2D eigenvalue weighted by molar-refractivity contribution is -0.123. The summed E-state index contributed by atoms with van der Waals surface area (Å²) >= 11 is 6.08. The van der Waals surface area contributed by atoms with Crippen molar-refractivity contribution in [1.29, 1.82) is 0 Å². The van der Waals surface area contributed by atoms with Crippen molar-refractivity contribution >= 4 is 17.5 Å². The third kappa shape index (κ3) is 4.61. The second-order valence-electron chi connectivity index (χ2n) is 7.81. The van der Waals surface area contributed by atoms with Gasteiger partial charge in [0.2, 0.25) is 5.91 Å². The van der Waals surface area contributed by atoms with Gasteiger partial charge in [-0.25, -0.2) is 15.2 Å². The van der Waals surface area contributed by atoms with E-state index in [1.54, 1.807) is 12.1 Å². The molecule has 2 atom stereocenters. The van der Waals surface area contributed by atoms with Crippen LogP contribution in [0.3, 0.4) is 0 Å². The number of hydrogen-bond acceptors (Lipinski definition) is 4. The highest BCUT2D eigenvalue weighted by Crippen LogP contribution is 2.35. The third-order valence-electron chi connectivity index (χ3n) is 5.96. The second kappa shape index (κ2) is 8.79. The molecule has 0 radical (unpaired) electrons. The Hall–Kier alpha value is -1.99. The van der Waals surface area contributed by atoms with Gasteiger partial charge in [-0.15, -0.1) is 0 Å². The van der Waals surface area contributed by atoms with Crippen molar-refractivity contribution in [3.63, 3.8) is 0 Å². The maximum atomic E-state index is 13.8. The highest BCUT2D eigenvalue weighted by atomic mass is 35.5. The second-order valence-corrected chi connectivity index (χ2v) is 8.24. The van der Waals surface area contributed by atoms with E-state index < -0.39 is 0 Å². The Bertz CT molecular complexity index is 873. The van der Waals surface area contributed by atoms with Crippen LogP contribution in [-0.2, 0) is 14.9 Å². The molecule has 2 aliphatic heterocycles. The Labute approximate surface area is 174 Å². The summed E-state index contributed by atoms with van der Waals surface area (Å²) in [5, 5.41) is 3.77. The molecule has 0 aromatic heterocycles. The van der Waals surface area contributed by atoms with Crippen molar-refractivity contribution < 1.29 is 13.9 Å². The van der Waals surface area contributed by atoms with E-state index in [0.717, 1.165) is 24.0 Å². The zero-order valence-corrected chi connectivity index (χ0v) is 16.8. The molecule has 2 unspecified atom stereocenters. The summed E-state index contributed by atoms with van der Waals surface area (Å²) in [5.41, 5.74) is 7.91. The van der Waals surface area contributed by atoms with Gasteiger partial charge in [0.1, 0.15) is 11.9 Å². The van der Waals surface area contributed by atoms with E-state index in [-0.39, 0.29) is 29.2 Å². The van der Waals surface area contributed by atoms with Crippen LogP contribution in [0.15, 0.2) is 48.5 Å². The number of hydrogen-bond donors (Lipinski definition) is 3. The van der Waals surface area contributed by atoms with Gasteiger partial charge >= 0.3 is 0 Å². The van der Waals surface area contributed by atoms with Crippen LogP contribution in [0.1, 0.15) is 36.4 Å². The van der Waals surface area contributed by atoms with Crippen molar-refractivity contribution in [3.05, 3.63) is 70.5 Å². The molecule has 7 heteroatoms. The number of carbonyl (C=O) groups is 1. The van der Waals surface area contributed by atoms with Crippen LogP contribution < -0.4 is 16.2 Å². The predicted molar refractivity (Wildman–Crippen MR) is 110 cm³/mol. The molecule has 154 valence electrons. The third-order valence-corrected chi connectivity index (χ3v) is 6.19. The van der Waals surface area contributed by atoms with Gasteiger partial charge in [0.05, 0.1) is 0 Å². The Morgan fingerprint density at radius 1 is 1.17 bits per heavy atom. The Kier molecular flexibility index (Phi) is 6.15. The predicted octanol–water partition coefficient (Wildman–Crippen LogP) is 3.25. The maximum Gasteiger partial charge on any atom is 0.238 e. The minimum Gasteiger partial charge on any atom is -0.381 e. The number of amides is 1. The summed E-state index contributed by atoms with van der Waals surface area (Å²) in [6.07, 6.45) is 2.12. The molecule has 0 saturated carbocycles.